The number of rotatable bonds is 2. The van der Waals surface area contributed by atoms with E-state index in [0.717, 1.165) is 18.2 Å². The van der Waals surface area contributed by atoms with Gasteiger partial charge in [0.25, 0.3) is 0 Å². The molecule has 0 aliphatic rings. The molecule has 0 aliphatic heterocycles. The molecule has 0 radical (unpaired) electrons. The van der Waals surface area contributed by atoms with E-state index < -0.39 is 23.5 Å². The smallest absolute Gasteiger partial charge is 0.142 e. The van der Waals surface area contributed by atoms with Gasteiger partial charge in [-0.2, -0.15) is 0 Å². The van der Waals surface area contributed by atoms with Crippen LogP contribution < -0.4 is 5.73 Å². The Balaban J connectivity index is 2.55. The first-order valence-electron chi connectivity index (χ1n) is 5.15. The van der Waals surface area contributed by atoms with Crippen molar-refractivity contribution >= 4 is 11.6 Å². The summed E-state index contributed by atoms with van der Waals surface area (Å²) in [7, 11) is 0. The first-order valence-corrected chi connectivity index (χ1v) is 5.53. The second-order valence-corrected chi connectivity index (χ2v) is 4.13. The fraction of sp³-hybridized carbons (Fsp3) is 0.0769. The lowest BCUT2D eigenvalue weighted by Gasteiger charge is -2.16. The molecule has 0 fully saturated rings. The van der Waals surface area contributed by atoms with Gasteiger partial charge in [-0.25, -0.2) is 13.2 Å². The van der Waals surface area contributed by atoms with Crippen molar-refractivity contribution in [2.24, 2.45) is 5.73 Å². The Morgan fingerprint density at radius 3 is 2.00 bits per heavy atom. The molecule has 0 aromatic heterocycles. The largest absolute Gasteiger partial charge is 0.320 e. The normalized spacial score (nSPS) is 12.5. The van der Waals surface area contributed by atoms with Crippen molar-refractivity contribution in [3.05, 3.63) is 70.0 Å². The van der Waals surface area contributed by atoms with Gasteiger partial charge in [-0.05, 0) is 23.8 Å². The van der Waals surface area contributed by atoms with Gasteiger partial charge in [0.15, 0.2) is 0 Å². The van der Waals surface area contributed by atoms with Crippen LogP contribution in [0.3, 0.4) is 0 Å². The van der Waals surface area contributed by atoms with Crippen LogP contribution in [0.5, 0.6) is 0 Å². The molecule has 0 aliphatic carbocycles. The summed E-state index contributed by atoms with van der Waals surface area (Å²) in [5.74, 6) is -2.26. The fourth-order valence-electron chi connectivity index (χ4n) is 1.72. The van der Waals surface area contributed by atoms with E-state index in [-0.39, 0.29) is 16.1 Å². The fourth-order valence-corrected chi connectivity index (χ4v) is 1.97. The molecule has 0 saturated heterocycles. The van der Waals surface area contributed by atoms with Crippen LogP contribution in [-0.4, -0.2) is 0 Å². The number of benzene rings is 2. The Hall–Kier alpha value is -1.52. The monoisotopic (exact) mass is 271 g/mol. The lowest BCUT2D eigenvalue weighted by atomic mass is 9.98. The molecule has 1 nitrogen and oxygen atoms in total. The van der Waals surface area contributed by atoms with Crippen molar-refractivity contribution < 1.29 is 13.2 Å². The van der Waals surface area contributed by atoms with E-state index in [1.807, 2.05) is 0 Å². The van der Waals surface area contributed by atoms with E-state index >= 15 is 0 Å². The third-order valence-corrected chi connectivity index (χ3v) is 3.03. The maximum absolute atomic E-state index is 13.6. The minimum atomic E-state index is -1.16. The standard InChI is InChI=1S/C13H9ClF3N/c14-12-7(3-1-6-10(12)17)13(18)11-8(15)4-2-5-9(11)16/h1-6,13H,18H2. The molecule has 0 bridgehead atoms. The summed E-state index contributed by atoms with van der Waals surface area (Å²) in [6.07, 6.45) is 0. The molecule has 5 heteroatoms. The molecule has 2 rings (SSSR count). The van der Waals surface area contributed by atoms with Crippen molar-refractivity contribution in [1.29, 1.82) is 0 Å². The highest BCUT2D eigenvalue weighted by Gasteiger charge is 2.21. The molecular formula is C13H9ClF3N. The average molecular weight is 272 g/mol. The predicted molar refractivity (Wildman–Crippen MR) is 63.8 cm³/mol. The van der Waals surface area contributed by atoms with Gasteiger partial charge in [0, 0.05) is 5.56 Å². The van der Waals surface area contributed by atoms with E-state index in [4.69, 9.17) is 17.3 Å². The first kappa shape index (κ1) is 12.9. The van der Waals surface area contributed by atoms with Gasteiger partial charge in [0.05, 0.1) is 11.1 Å². The van der Waals surface area contributed by atoms with Crippen LogP contribution in [-0.2, 0) is 0 Å². The molecule has 1 atom stereocenters. The highest BCUT2D eigenvalue weighted by Crippen LogP contribution is 2.30. The average Bonchev–Trinajstić information content (AvgIpc) is 2.32. The van der Waals surface area contributed by atoms with Crippen molar-refractivity contribution in [1.82, 2.24) is 0 Å². The molecule has 2 aromatic rings. The quantitative estimate of drug-likeness (QED) is 0.883. The molecule has 0 amide bonds. The minimum Gasteiger partial charge on any atom is -0.320 e. The maximum atomic E-state index is 13.6. The Bertz CT molecular complexity index is 566. The van der Waals surface area contributed by atoms with Crippen molar-refractivity contribution in [2.45, 2.75) is 6.04 Å². The van der Waals surface area contributed by atoms with E-state index in [1.54, 1.807) is 0 Å². The summed E-state index contributed by atoms with van der Waals surface area (Å²) in [6, 6.07) is 6.22. The van der Waals surface area contributed by atoms with E-state index in [1.165, 1.54) is 18.2 Å². The van der Waals surface area contributed by atoms with Gasteiger partial charge in [-0.1, -0.05) is 29.8 Å². The number of nitrogens with two attached hydrogens (primary N) is 1. The Labute approximate surface area is 107 Å². The van der Waals surface area contributed by atoms with Gasteiger partial charge in [-0.15, -0.1) is 0 Å². The van der Waals surface area contributed by atoms with Gasteiger partial charge in [-0.3, -0.25) is 0 Å². The van der Waals surface area contributed by atoms with Gasteiger partial charge < -0.3 is 5.73 Å². The van der Waals surface area contributed by atoms with Gasteiger partial charge >= 0.3 is 0 Å². The number of halogens is 4. The van der Waals surface area contributed by atoms with Crippen LogP contribution in [0.1, 0.15) is 17.2 Å². The van der Waals surface area contributed by atoms with E-state index in [2.05, 4.69) is 0 Å². The summed E-state index contributed by atoms with van der Waals surface area (Å²) in [5.41, 5.74) is 5.57. The van der Waals surface area contributed by atoms with Crippen LogP contribution in [0.25, 0.3) is 0 Å². The van der Waals surface area contributed by atoms with Crippen LogP contribution in [0.15, 0.2) is 36.4 Å². The predicted octanol–water partition coefficient (Wildman–Crippen LogP) is 3.81. The Morgan fingerprint density at radius 2 is 1.39 bits per heavy atom. The topological polar surface area (TPSA) is 26.0 Å². The lowest BCUT2D eigenvalue weighted by Crippen LogP contribution is -2.16. The Morgan fingerprint density at radius 1 is 0.889 bits per heavy atom. The Kier molecular flexibility index (Phi) is 3.59. The van der Waals surface area contributed by atoms with Crippen LogP contribution in [0.2, 0.25) is 5.02 Å². The highest BCUT2D eigenvalue weighted by molar-refractivity contribution is 6.31. The molecule has 2 aromatic carbocycles. The zero-order chi connectivity index (χ0) is 13.3. The second kappa shape index (κ2) is 5.00. The van der Waals surface area contributed by atoms with Crippen LogP contribution in [0.4, 0.5) is 13.2 Å². The van der Waals surface area contributed by atoms with E-state index in [0.29, 0.717) is 0 Å². The minimum absolute atomic E-state index is 0.140. The zero-order valence-corrected chi connectivity index (χ0v) is 9.89. The van der Waals surface area contributed by atoms with Crippen molar-refractivity contribution in [3.8, 4) is 0 Å². The second-order valence-electron chi connectivity index (χ2n) is 3.76. The van der Waals surface area contributed by atoms with Crippen molar-refractivity contribution in [3.63, 3.8) is 0 Å². The summed E-state index contributed by atoms with van der Waals surface area (Å²) >= 11 is 5.74. The lowest BCUT2D eigenvalue weighted by molar-refractivity contribution is 0.542. The van der Waals surface area contributed by atoms with E-state index in [9.17, 15) is 13.2 Å². The zero-order valence-electron chi connectivity index (χ0n) is 9.13. The molecule has 0 spiro atoms. The highest BCUT2D eigenvalue weighted by atomic mass is 35.5. The summed E-state index contributed by atoms with van der Waals surface area (Å²) in [5, 5.41) is -0.229. The van der Waals surface area contributed by atoms with Crippen LogP contribution in [0, 0.1) is 17.5 Å². The number of hydrogen-bond acceptors (Lipinski definition) is 1. The molecule has 0 saturated carbocycles. The summed E-state index contributed by atoms with van der Waals surface area (Å²) in [6.45, 7) is 0. The maximum Gasteiger partial charge on any atom is 0.142 e. The summed E-state index contributed by atoms with van der Waals surface area (Å²) < 4.78 is 40.4. The molecule has 18 heavy (non-hydrogen) atoms. The first-order chi connectivity index (χ1) is 8.52. The molecular weight excluding hydrogens is 263 g/mol. The number of hydrogen-bond donors (Lipinski definition) is 1. The molecule has 94 valence electrons. The third-order valence-electron chi connectivity index (χ3n) is 2.63. The molecule has 0 heterocycles. The van der Waals surface area contributed by atoms with Crippen molar-refractivity contribution in [2.75, 3.05) is 0 Å². The SMILES string of the molecule is NC(c1cccc(F)c1Cl)c1c(F)cccc1F. The van der Waals surface area contributed by atoms with Gasteiger partial charge in [0.1, 0.15) is 17.5 Å². The summed E-state index contributed by atoms with van der Waals surface area (Å²) in [4.78, 5) is 0. The van der Waals surface area contributed by atoms with Gasteiger partial charge in [0.2, 0.25) is 0 Å². The van der Waals surface area contributed by atoms with Crippen LogP contribution >= 0.6 is 11.6 Å². The molecule has 1 unspecified atom stereocenters. The third kappa shape index (κ3) is 2.21. The molecule has 2 N–H and O–H groups in total.